The minimum atomic E-state index is 0.246. The highest BCUT2D eigenvalue weighted by atomic mass is 29.5. The molecule has 0 aliphatic heterocycles. The van der Waals surface area contributed by atoms with E-state index in [1.165, 1.54) is 26.4 Å². The van der Waals surface area contributed by atoms with Crippen LogP contribution in [-0.4, -0.2) is 123 Å². The van der Waals surface area contributed by atoms with E-state index in [2.05, 4.69) is 27.5 Å². The summed E-state index contributed by atoms with van der Waals surface area (Å²) in [7, 11) is 6.91. The Kier molecular flexibility index (Phi) is 15.2. The molecule has 12 heteroatoms. The van der Waals surface area contributed by atoms with Crippen LogP contribution in [0.1, 0.15) is 13.8 Å². The molecule has 0 heterocycles. The third kappa shape index (κ3) is 9.69. The molecule has 0 radical (unpaired) electrons. The summed E-state index contributed by atoms with van der Waals surface area (Å²) in [5, 5.41) is 0. The van der Waals surface area contributed by atoms with Gasteiger partial charge in [0.2, 0.25) is 0 Å². The van der Waals surface area contributed by atoms with Gasteiger partial charge in [-0.2, -0.15) is 0 Å². The van der Waals surface area contributed by atoms with Crippen molar-refractivity contribution >= 4 is 82.5 Å². The third-order valence-corrected chi connectivity index (χ3v) is 30.0. The normalized spacial score (nSPS) is 16.5. The van der Waals surface area contributed by atoms with Gasteiger partial charge in [-0.25, -0.2) is 0 Å². The zero-order valence-electron chi connectivity index (χ0n) is 13.4. The summed E-state index contributed by atoms with van der Waals surface area (Å²) in [4.78, 5) is 0. The average Bonchev–Trinajstić information content (AvgIpc) is 2.37. The van der Waals surface area contributed by atoms with Crippen molar-refractivity contribution in [1.82, 2.24) is 13.7 Å². The van der Waals surface area contributed by atoms with E-state index < -0.39 is 0 Å². The Balaban J connectivity index is 4.25. The lowest BCUT2D eigenvalue weighted by Crippen LogP contribution is -2.50. The molecule has 18 heavy (non-hydrogen) atoms. The molecule has 3 nitrogen and oxygen atoms in total. The molecular weight excluding hydrogens is 367 g/mol. The van der Waals surface area contributed by atoms with E-state index >= 15 is 0 Å². The zero-order chi connectivity index (χ0) is 13.8. The molecule has 0 atom stereocenters. The molecule has 0 saturated carbocycles. The van der Waals surface area contributed by atoms with E-state index in [0.29, 0.717) is 25.7 Å². The van der Waals surface area contributed by atoms with Gasteiger partial charge in [0.1, 0.15) is 0 Å². The van der Waals surface area contributed by atoms with Gasteiger partial charge in [0.15, 0.2) is 0 Å². The maximum absolute atomic E-state index is 2.98. The molecule has 0 spiro atoms. The first-order valence-electron chi connectivity index (χ1n) is 7.88. The van der Waals surface area contributed by atoms with Gasteiger partial charge in [0.25, 0.3) is 0 Å². The molecular formula is C6H35N3Si9. The Morgan fingerprint density at radius 2 is 1.00 bits per heavy atom. The van der Waals surface area contributed by atoms with Crippen molar-refractivity contribution in [1.29, 1.82) is 0 Å². The van der Waals surface area contributed by atoms with E-state index in [1.54, 1.807) is 29.3 Å². The van der Waals surface area contributed by atoms with Crippen LogP contribution >= 0.6 is 0 Å². The number of hydrogen-bond acceptors (Lipinski definition) is 3. The van der Waals surface area contributed by atoms with Crippen LogP contribution in [0.3, 0.4) is 0 Å². The maximum Gasteiger partial charge on any atom is 0.0791 e. The molecule has 0 amide bonds. The fourth-order valence-corrected chi connectivity index (χ4v) is 33.5. The van der Waals surface area contributed by atoms with Gasteiger partial charge in [0.05, 0.1) is 27.6 Å². The fraction of sp³-hybridized carbons (Fsp3) is 1.00. The van der Waals surface area contributed by atoms with Crippen molar-refractivity contribution in [3.05, 3.63) is 0 Å². The monoisotopic (exact) mass is 401 g/mol. The standard InChI is InChI=1S/C6H35N3Si9/c1-3-7(13-16-10)5-9(15-18-12)6-8(4-2)14-17-11/h3-6,13-18H2,1-2,10-12H3. The van der Waals surface area contributed by atoms with Crippen LogP contribution in [0.2, 0.25) is 0 Å². The SMILES string of the molecule is CCN(CN(CN(CC)[SiH2][SiH2][SiH3])[SiH2][SiH2][SiH3])[SiH2][SiH2][SiH3]. The number of nitrogens with zero attached hydrogens (tertiary/aromatic N) is 3. The van der Waals surface area contributed by atoms with Gasteiger partial charge >= 0.3 is 0 Å². The predicted molar refractivity (Wildman–Crippen MR) is 117 cm³/mol. The second kappa shape index (κ2) is 13.8. The third-order valence-electron chi connectivity index (χ3n) is 3.31. The van der Waals surface area contributed by atoms with Crippen LogP contribution in [0.5, 0.6) is 0 Å². The summed E-state index contributed by atoms with van der Waals surface area (Å²) in [6.07, 6.45) is 0. The van der Waals surface area contributed by atoms with Crippen molar-refractivity contribution in [2.45, 2.75) is 13.8 Å². The summed E-state index contributed by atoms with van der Waals surface area (Å²) in [5.74, 6) is 0. The van der Waals surface area contributed by atoms with Crippen LogP contribution < -0.4 is 0 Å². The highest BCUT2D eigenvalue weighted by molar-refractivity contribution is 7.24. The van der Waals surface area contributed by atoms with Gasteiger partial charge in [-0.05, 0) is 42.4 Å². The van der Waals surface area contributed by atoms with Crippen molar-refractivity contribution in [3.63, 3.8) is 0 Å². The first-order chi connectivity index (χ1) is 8.71. The zero-order valence-corrected chi connectivity index (χ0v) is 27.9. The molecule has 0 fully saturated rings. The molecule has 0 N–H and O–H groups in total. The fourth-order valence-electron chi connectivity index (χ4n) is 2.36. The van der Waals surface area contributed by atoms with Crippen molar-refractivity contribution < 1.29 is 0 Å². The Hall–Kier alpha value is 1.83. The topological polar surface area (TPSA) is 9.72 Å². The Bertz CT molecular complexity index is 172. The largest absolute Gasteiger partial charge is 0.321 e. The summed E-state index contributed by atoms with van der Waals surface area (Å²) in [6.45, 7) is 10.3. The number of rotatable bonds is 12. The minimum absolute atomic E-state index is 0.246. The van der Waals surface area contributed by atoms with Gasteiger partial charge in [0, 0.05) is 39.0 Å². The molecule has 0 bridgehead atoms. The highest BCUT2D eigenvalue weighted by Gasteiger charge is 2.12. The molecule has 0 aromatic heterocycles. The minimum Gasteiger partial charge on any atom is -0.321 e. The molecule has 0 aliphatic rings. The second-order valence-corrected chi connectivity index (χ2v) is 52.1. The van der Waals surface area contributed by atoms with Crippen molar-refractivity contribution in [2.75, 3.05) is 26.4 Å². The summed E-state index contributed by atoms with van der Waals surface area (Å²) in [5.41, 5.74) is 0. The van der Waals surface area contributed by atoms with E-state index in [9.17, 15) is 0 Å². The van der Waals surface area contributed by atoms with Crippen LogP contribution in [0, 0.1) is 0 Å². The van der Waals surface area contributed by atoms with Crippen LogP contribution in [0.4, 0.5) is 0 Å². The quantitative estimate of drug-likeness (QED) is 0.237. The van der Waals surface area contributed by atoms with Crippen LogP contribution in [0.15, 0.2) is 0 Å². The highest BCUT2D eigenvalue weighted by Crippen LogP contribution is 1.94. The van der Waals surface area contributed by atoms with Crippen molar-refractivity contribution in [2.24, 2.45) is 0 Å². The van der Waals surface area contributed by atoms with Gasteiger partial charge in [-0.1, -0.05) is 13.8 Å². The summed E-state index contributed by atoms with van der Waals surface area (Å²) in [6, 6.07) is 0. The van der Waals surface area contributed by atoms with Crippen molar-refractivity contribution in [3.8, 4) is 0 Å². The first kappa shape index (κ1) is 19.8. The molecule has 0 saturated heterocycles. The summed E-state index contributed by atoms with van der Waals surface area (Å²) >= 11 is 0. The molecule has 0 aromatic rings. The molecule has 0 aromatic carbocycles. The average molecular weight is 402 g/mol. The lowest BCUT2D eigenvalue weighted by molar-refractivity contribution is 0.246. The molecule has 0 unspecified atom stereocenters. The lowest BCUT2D eigenvalue weighted by atomic mass is 10.7. The van der Waals surface area contributed by atoms with Gasteiger partial charge in [-0.15, -0.1) is 0 Å². The molecule has 0 aliphatic carbocycles. The van der Waals surface area contributed by atoms with E-state index in [4.69, 9.17) is 0 Å². The van der Waals surface area contributed by atoms with Gasteiger partial charge in [-0.3, -0.25) is 0 Å². The second-order valence-electron chi connectivity index (χ2n) is 5.10. The van der Waals surface area contributed by atoms with E-state index in [1.807, 2.05) is 0 Å². The van der Waals surface area contributed by atoms with Gasteiger partial charge < -0.3 is 13.7 Å². The Morgan fingerprint density at radius 1 is 0.667 bits per heavy atom. The van der Waals surface area contributed by atoms with E-state index in [0.717, 1.165) is 0 Å². The lowest BCUT2D eigenvalue weighted by Gasteiger charge is -2.34. The van der Waals surface area contributed by atoms with Crippen LogP contribution in [-0.2, 0) is 0 Å². The smallest absolute Gasteiger partial charge is 0.0791 e. The van der Waals surface area contributed by atoms with Crippen LogP contribution in [0.25, 0.3) is 0 Å². The Morgan fingerprint density at radius 3 is 1.28 bits per heavy atom. The molecule has 0 rings (SSSR count). The van der Waals surface area contributed by atoms with E-state index in [-0.39, 0.29) is 27.6 Å². The molecule has 110 valence electrons. The first-order valence-corrected chi connectivity index (χ1v) is 38.7. The maximum atomic E-state index is 2.98. The summed E-state index contributed by atoms with van der Waals surface area (Å²) < 4.78 is 8.76. The Labute approximate surface area is 136 Å². The number of hydrogen-bond donors (Lipinski definition) is 0. The predicted octanol–water partition coefficient (Wildman–Crippen LogP) is -8.81.